The van der Waals surface area contributed by atoms with Gasteiger partial charge in [-0.15, -0.1) is 0 Å². The number of ether oxygens (including phenoxy) is 2. The second-order valence-electron chi connectivity index (χ2n) is 4.22. The second kappa shape index (κ2) is 12.8. The van der Waals surface area contributed by atoms with Crippen molar-refractivity contribution in [3.05, 3.63) is 60.2 Å². The van der Waals surface area contributed by atoms with Gasteiger partial charge in [-0.2, -0.15) is 0 Å². The average molecular weight is 322 g/mol. The summed E-state index contributed by atoms with van der Waals surface area (Å²) in [7, 11) is 2.66. The van der Waals surface area contributed by atoms with Gasteiger partial charge in [-0.3, -0.25) is 0 Å². The predicted molar refractivity (Wildman–Crippen MR) is 87.1 cm³/mol. The fourth-order valence-electron chi connectivity index (χ4n) is 0.929. The zero-order valence-corrected chi connectivity index (χ0v) is 13.8. The molecule has 0 fully saturated rings. The maximum atomic E-state index is 10.2. The molecular formula is C17H22O6. The molecule has 23 heavy (non-hydrogen) atoms. The van der Waals surface area contributed by atoms with Crippen molar-refractivity contribution in [2.24, 2.45) is 0 Å². The molecular weight excluding hydrogens is 300 g/mol. The minimum atomic E-state index is -0.879. The van der Waals surface area contributed by atoms with Gasteiger partial charge in [0.15, 0.2) is 0 Å². The summed E-state index contributed by atoms with van der Waals surface area (Å²) in [5.74, 6) is -1.57. The number of rotatable bonds is 3. The Morgan fingerprint density at radius 1 is 0.870 bits per heavy atom. The Morgan fingerprint density at radius 3 is 1.35 bits per heavy atom. The molecule has 0 saturated carbocycles. The van der Waals surface area contributed by atoms with E-state index in [1.54, 1.807) is 44.2 Å². The van der Waals surface area contributed by atoms with E-state index in [0.29, 0.717) is 16.7 Å². The summed E-state index contributed by atoms with van der Waals surface area (Å²) in [6.45, 7) is 9.91. The van der Waals surface area contributed by atoms with Crippen molar-refractivity contribution in [1.29, 1.82) is 0 Å². The second-order valence-corrected chi connectivity index (χ2v) is 4.22. The van der Waals surface area contributed by atoms with Gasteiger partial charge in [-0.1, -0.05) is 31.4 Å². The smallest absolute Gasteiger partial charge is 0.335 e. The third kappa shape index (κ3) is 12.6. The Kier molecular flexibility index (Phi) is 12.5. The van der Waals surface area contributed by atoms with Crippen LogP contribution in [0.15, 0.2) is 54.6 Å². The lowest BCUT2D eigenvalue weighted by atomic mass is 10.2. The van der Waals surface area contributed by atoms with E-state index in [4.69, 9.17) is 5.11 Å². The minimum absolute atomic E-state index is 0.331. The highest BCUT2D eigenvalue weighted by Crippen LogP contribution is 1.96. The van der Waals surface area contributed by atoms with Crippen molar-refractivity contribution >= 4 is 17.9 Å². The molecule has 1 N–H and O–H groups in total. The summed E-state index contributed by atoms with van der Waals surface area (Å²) < 4.78 is 8.55. The Balaban J connectivity index is 0. The lowest BCUT2D eigenvalue weighted by Gasteiger charge is -1.91. The first-order chi connectivity index (χ1) is 10.7. The number of carboxylic acids is 1. The average Bonchev–Trinajstić information content (AvgIpc) is 2.54. The van der Waals surface area contributed by atoms with E-state index in [0.717, 1.165) is 0 Å². The van der Waals surface area contributed by atoms with Crippen molar-refractivity contribution in [3.8, 4) is 0 Å². The van der Waals surface area contributed by atoms with Crippen LogP contribution < -0.4 is 0 Å². The molecule has 126 valence electrons. The summed E-state index contributed by atoms with van der Waals surface area (Å²) in [4.78, 5) is 30.6. The highest BCUT2D eigenvalue weighted by atomic mass is 16.5. The normalized spacial score (nSPS) is 8.17. The lowest BCUT2D eigenvalue weighted by Crippen LogP contribution is -1.98. The van der Waals surface area contributed by atoms with Gasteiger partial charge < -0.3 is 14.6 Å². The monoisotopic (exact) mass is 322 g/mol. The molecule has 0 bridgehead atoms. The molecule has 6 nitrogen and oxygen atoms in total. The van der Waals surface area contributed by atoms with Gasteiger partial charge in [-0.25, -0.2) is 14.4 Å². The maximum Gasteiger partial charge on any atom is 0.335 e. The first-order valence-corrected chi connectivity index (χ1v) is 6.43. The van der Waals surface area contributed by atoms with E-state index in [9.17, 15) is 14.4 Å². The van der Waals surface area contributed by atoms with Gasteiger partial charge >= 0.3 is 17.9 Å². The highest BCUT2D eigenvalue weighted by Gasteiger charge is 1.97. The SMILES string of the molecule is C=C(C)C(=O)OC.C=C(C)C(=O)OC.O=C(O)c1ccccc1. The van der Waals surface area contributed by atoms with Gasteiger partial charge in [0.1, 0.15) is 0 Å². The van der Waals surface area contributed by atoms with E-state index < -0.39 is 5.97 Å². The molecule has 0 aromatic heterocycles. The third-order valence-corrected chi connectivity index (χ3v) is 2.09. The van der Waals surface area contributed by atoms with Crippen molar-refractivity contribution in [1.82, 2.24) is 0 Å². The van der Waals surface area contributed by atoms with E-state index in [1.165, 1.54) is 14.2 Å². The molecule has 0 spiro atoms. The van der Waals surface area contributed by atoms with Crippen LogP contribution in [0, 0.1) is 0 Å². The van der Waals surface area contributed by atoms with Crippen LogP contribution in [0.4, 0.5) is 0 Å². The van der Waals surface area contributed by atoms with E-state index in [1.807, 2.05) is 0 Å². The maximum absolute atomic E-state index is 10.2. The largest absolute Gasteiger partial charge is 0.478 e. The van der Waals surface area contributed by atoms with Crippen LogP contribution in [-0.4, -0.2) is 37.2 Å². The van der Waals surface area contributed by atoms with Crippen LogP contribution in [-0.2, 0) is 19.1 Å². The zero-order valence-electron chi connectivity index (χ0n) is 13.8. The molecule has 0 unspecified atom stereocenters. The van der Waals surface area contributed by atoms with Gasteiger partial charge in [0, 0.05) is 11.1 Å². The summed E-state index contributed by atoms with van der Waals surface area (Å²) in [6, 6.07) is 8.30. The van der Waals surface area contributed by atoms with Crippen LogP contribution in [0.2, 0.25) is 0 Å². The number of hydrogen-bond acceptors (Lipinski definition) is 5. The van der Waals surface area contributed by atoms with Crippen molar-refractivity contribution in [2.75, 3.05) is 14.2 Å². The highest BCUT2D eigenvalue weighted by molar-refractivity contribution is 5.87. The van der Waals surface area contributed by atoms with Crippen LogP contribution in [0.25, 0.3) is 0 Å². The molecule has 0 atom stereocenters. The number of carboxylic acid groups (broad SMARTS) is 1. The van der Waals surface area contributed by atoms with Crippen LogP contribution in [0.5, 0.6) is 0 Å². The minimum Gasteiger partial charge on any atom is -0.478 e. The molecule has 0 aliphatic rings. The Bertz CT molecular complexity index is 519. The fraction of sp³-hybridized carbons (Fsp3) is 0.235. The summed E-state index contributed by atoms with van der Waals surface area (Å²) >= 11 is 0. The molecule has 1 aromatic rings. The van der Waals surface area contributed by atoms with Gasteiger partial charge in [-0.05, 0) is 26.0 Å². The van der Waals surface area contributed by atoms with Crippen molar-refractivity contribution in [3.63, 3.8) is 0 Å². The Hall–Kier alpha value is -2.89. The number of benzene rings is 1. The Labute approximate surface area is 136 Å². The van der Waals surface area contributed by atoms with Crippen LogP contribution >= 0.6 is 0 Å². The van der Waals surface area contributed by atoms with Crippen LogP contribution in [0.1, 0.15) is 24.2 Å². The number of methoxy groups -OCH3 is 2. The number of carbonyl (C=O) groups is 3. The molecule has 0 saturated heterocycles. The molecule has 0 amide bonds. The third-order valence-electron chi connectivity index (χ3n) is 2.09. The standard InChI is InChI=1S/C7H6O2.2C5H8O2/c8-7(9)6-4-2-1-3-5-6;2*1-4(2)5(6)7-3/h1-5H,(H,8,9);2*1H2,2-3H3. The lowest BCUT2D eigenvalue weighted by molar-refractivity contribution is -0.136. The summed E-state index contributed by atoms with van der Waals surface area (Å²) in [5, 5.41) is 8.38. The predicted octanol–water partition coefficient (Wildman–Crippen LogP) is 2.86. The van der Waals surface area contributed by atoms with Gasteiger partial charge in [0.25, 0.3) is 0 Å². The Morgan fingerprint density at radius 2 is 1.22 bits per heavy atom. The molecule has 1 rings (SSSR count). The van der Waals surface area contributed by atoms with E-state index >= 15 is 0 Å². The van der Waals surface area contributed by atoms with E-state index in [-0.39, 0.29) is 11.9 Å². The van der Waals surface area contributed by atoms with Crippen LogP contribution in [0.3, 0.4) is 0 Å². The molecule has 0 heterocycles. The quantitative estimate of drug-likeness (QED) is 0.680. The number of aromatic carboxylic acids is 1. The molecule has 6 heteroatoms. The molecule has 0 aliphatic carbocycles. The molecule has 0 aliphatic heterocycles. The zero-order chi connectivity index (χ0) is 18.4. The number of hydrogen-bond donors (Lipinski definition) is 1. The summed E-state index contributed by atoms with van der Waals surface area (Å²) in [5.41, 5.74) is 1.20. The topological polar surface area (TPSA) is 89.9 Å². The number of esters is 2. The number of carbonyl (C=O) groups excluding carboxylic acids is 2. The van der Waals surface area contributed by atoms with Gasteiger partial charge in [0.05, 0.1) is 19.8 Å². The van der Waals surface area contributed by atoms with Gasteiger partial charge in [0.2, 0.25) is 0 Å². The fourth-order valence-corrected chi connectivity index (χ4v) is 0.929. The van der Waals surface area contributed by atoms with Crippen molar-refractivity contribution in [2.45, 2.75) is 13.8 Å². The molecule has 0 radical (unpaired) electrons. The first kappa shape index (κ1) is 22.4. The first-order valence-electron chi connectivity index (χ1n) is 6.43. The molecule has 1 aromatic carbocycles. The van der Waals surface area contributed by atoms with E-state index in [2.05, 4.69) is 22.6 Å². The van der Waals surface area contributed by atoms with Crippen molar-refractivity contribution < 1.29 is 29.0 Å². The summed E-state index contributed by atoms with van der Waals surface area (Å²) in [6.07, 6.45) is 0.